The molecule has 0 atom stereocenters. The molecule has 0 saturated carbocycles. The van der Waals surface area contributed by atoms with Crippen molar-refractivity contribution in [2.45, 2.75) is 39.4 Å². The van der Waals surface area contributed by atoms with Gasteiger partial charge in [0.25, 0.3) is 0 Å². The van der Waals surface area contributed by atoms with E-state index in [0.29, 0.717) is 0 Å². The van der Waals surface area contributed by atoms with Crippen molar-refractivity contribution in [2.75, 3.05) is 7.05 Å². The third-order valence-electron chi connectivity index (χ3n) is 2.42. The minimum absolute atomic E-state index is 0.0244. The zero-order chi connectivity index (χ0) is 15.1. The first kappa shape index (κ1) is 19.5. The number of benzene rings is 1. The summed E-state index contributed by atoms with van der Waals surface area (Å²) in [7, 11) is 9.88. The van der Waals surface area contributed by atoms with Gasteiger partial charge < -0.3 is 10.3 Å². The van der Waals surface area contributed by atoms with Gasteiger partial charge in [-0.15, -0.1) is 18.3 Å². The molecule has 0 saturated heterocycles. The van der Waals surface area contributed by atoms with E-state index in [1.807, 2.05) is 13.1 Å². The van der Waals surface area contributed by atoms with Crippen LogP contribution in [-0.2, 0) is 17.0 Å². The fourth-order valence-electron chi connectivity index (χ4n) is 2.08. The van der Waals surface area contributed by atoms with Gasteiger partial charge in [-0.1, -0.05) is 63.3 Å². The van der Waals surface area contributed by atoms with Crippen LogP contribution in [0.5, 0.6) is 0 Å². The van der Waals surface area contributed by atoms with Crippen molar-refractivity contribution < 1.29 is 17.0 Å². The Morgan fingerprint density at radius 3 is 2.00 bits per heavy atom. The van der Waals surface area contributed by atoms with E-state index in [1.54, 1.807) is 0 Å². The molecule has 0 fully saturated rings. The number of halogens is 2. The Labute approximate surface area is 135 Å². The number of hydrogen-bond donors (Lipinski definition) is 0. The van der Waals surface area contributed by atoms with E-state index >= 15 is 0 Å². The van der Waals surface area contributed by atoms with Gasteiger partial charge >= 0.3 is 35.6 Å². The molecule has 0 unspecified atom stereocenters. The molecule has 2 nitrogen and oxygen atoms in total. The molecule has 19 heavy (non-hydrogen) atoms. The van der Waals surface area contributed by atoms with Crippen LogP contribution in [0.25, 0.3) is 10.3 Å². The van der Waals surface area contributed by atoms with Crippen molar-refractivity contribution in [3.63, 3.8) is 0 Å². The summed E-state index contributed by atoms with van der Waals surface area (Å²) >= 11 is -0.556. The van der Waals surface area contributed by atoms with E-state index < -0.39 is 25.3 Å². The van der Waals surface area contributed by atoms with Crippen LogP contribution in [0.15, 0.2) is 24.3 Å². The number of hydrogen-bond acceptors (Lipinski definition) is 0. The normalized spacial score (nSPS) is 11.4. The van der Waals surface area contributed by atoms with Gasteiger partial charge in [0.15, 0.2) is 0 Å². The van der Waals surface area contributed by atoms with Gasteiger partial charge in [0, 0.05) is 0 Å². The fraction of sp³-hybridized carbons (Fsp3) is 0.538. The maximum absolute atomic E-state index is 5.00. The third-order valence-corrected chi connectivity index (χ3v) is 5.39. The molecule has 0 aliphatic heterocycles. The van der Waals surface area contributed by atoms with Crippen molar-refractivity contribution in [2.24, 2.45) is 0 Å². The summed E-state index contributed by atoms with van der Waals surface area (Å²) in [4.78, 5) is 5.00. The van der Waals surface area contributed by atoms with Crippen molar-refractivity contribution in [1.29, 1.82) is 0 Å². The Hall–Kier alpha value is 0.491. The molecule has 1 aromatic carbocycles. The summed E-state index contributed by atoms with van der Waals surface area (Å²) in [5.74, 6) is 0. The molecule has 0 radical (unpaired) electrons. The topological polar surface area (TPSA) is 28.2 Å². The van der Waals surface area contributed by atoms with Crippen molar-refractivity contribution in [3.8, 4) is 0 Å². The molecule has 108 valence electrons. The van der Waals surface area contributed by atoms with Gasteiger partial charge in [-0.25, -0.2) is 0 Å². The van der Waals surface area contributed by atoms with Crippen molar-refractivity contribution in [1.82, 2.24) is 0 Å². The van der Waals surface area contributed by atoms with Crippen LogP contribution in [0.2, 0.25) is 13.1 Å². The van der Waals surface area contributed by atoms with Crippen LogP contribution in [0.4, 0.5) is 5.69 Å². The molecule has 6 heteroatoms. The summed E-state index contributed by atoms with van der Waals surface area (Å²) in [6, 6.07) is 8.36. The first-order valence-corrected chi connectivity index (χ1v) is 13.3. The number of nitrogens with zero attached hydrogens (tertiary/aromatic N) is 2. The summed E-state index contributed by atoms with van der Waals surface area (Å²) in [5, 5.41) is 5.67. The molecule has 0 aliphatic carbocycles. The maximum atomic E-state index is 5.00. The van der Waals surface area contributed by atoms with Gasteiger partial charge in [-0.05, 0) is 8.24 Å². The third kappa shape index (κ3) is 7.74. The molecule has 0 heterocycles. The molecule has 0 amide bonds. The standard InChI is InChI=1S/C13H22N2Si.2ClH.Ti/c1-13(2,3)15-16(5,6)12-10-8-7-9-11(12)14-4;;;/h7-10H,1-6H3;2*1H;/q-2;;;+2/p-2. The Morgan fingerprint density at radius 2 is 1.58 bits per heavy atom. The van der Waals surface area contributed by atoms with E-state index in [1.165, 1.54) is 5.19 Å². The van der Waals surface area contributed by atoms with Gasteiger partial charge in [-0.2, -0.15) is 0 Å². The van der Waals surface area contributed by atoms with Gasteiger partial charge in [0.2, 0.25) is 0 Å². The van der Waals surface area contributed by atoms with Crippen LogP contribution in [0.3, 0.4) is 0 Å². The number of rotatable bonds is 3. The zero-order valence-corrected chi connectivity index (χ0v) is 16.5. The van der Waals surface area contributed by atoms with Crippen LogP contribution in [-0.4, -0.2) is 20.8 Å². The van der Waals surface area contributed by atoms with Crippen LogP contribution >= 0.6 is 18.6 Å². The predicted octanol–water partition coefficient (Wildman–Crippen LogP) is 5.28. The number of para-hydroxylation sites is 1. The Morgan fingerprint density at radius 1 is 1.11 bits per heavy atom. The monoisotopic (exact) mass is 352 g/mol. The van der Waals surface area contributed by atoms with E-state index in [2.05, 4.69) is 57.4 Å². The van der Waals surface area contributed by atoms with E-state index in [-0.39, 0.29) is 5.54 Å². The fourth-order valence-corrected chi connectivity index (χ4v) is 5.21. The quantitative estimate of drug-likeness (QED) is 0.662. The predicted molar refractivity (Wildman–Crippen MR) is 87.3 cm³/mol. The Bertz CT molecular complexity index is 381. The van der Waals surface area contributed by atoms with Gasteiger partial charge in [0.1, 0.15) is 0 Å². The molecule has 0 spiro atoms. The van der Waals surface area contributed by atoms with Crippen LogP contribution < -0.4 is 5.19 Å². The molecule has 1 rings (SSSR count). The first-order valence-electron chi connectivity index (χ1n) is 6.07. The summed E-state index contributed by atoms with van der Waals surface area (Å²) in [6.07, 6.45) is 0. The average molecular weight is 353 g/mol. The molecule has 0 N–H and O–H groups in total. The summed E-state index contributed by atoms with van der Waals surface area (Å²) in [6.45, 7) is 11.0. The molecular weight excluding hydrogens is 331 g/mol. The molecule has 1 aromatic rings. The second-order valence-electron chi connectivity index (χ2n) is 5.65. The molecule has 0 aromatic heterocycles. The van der Waals surface area contributed by atoms with Gasteiger partial charge in [-0.3, -0.25) is 0 Å². The SMILES string of the molecule is C[N-]c1ccccc1[Si](C)(C)[N-]C(C)(C)C.[Cl][Ti][Cl]. The second kappa shape index (κ2) is 8.71. The van der Waals surface area contributed by atoms with E-state index in [0.717, 1.165) is 5.69 Å². The van der Waals surface area contributed by atoms with Crippen molar-refractivity contribution in [3.05, 3.63) is 34.6 Å². The zero-order valence-electron chi connectivity index (χ0n) is 12.5. The Balaban J connectivity index is 0.000000982. The summed E-state index contributed by atoms with van der Waals surface area (Å²) in [5.41, 5.74) is 1.11. The van der Waals surface area contributed by atoms with E-state index in [4.69, 9.17) is 23.6 Å². The minimum atomic E-state index is -1.75. The molecular formula is C13H22Cl2N2SiTi-2. The van der Waals surface area contributed by atoms with Crippen molar-refractivity contribution >= 4 is 37.7 Å². The van der Waals surface area contributed by atoms with Gasteiger partial charge in [0.05, 0.1) is 0 Å². The van der Waals surface area contributed by atoms with E-state index in [9.17, 15) is 0 Å². The Kier molecular flexibility index (Phi) is 8.93. The van der Waals surface area contributed by atoms with Crippen LogP contribution in [0, 0.1) is 0 Å². The van der Waals surface area contributed by atoms with Crippen LogP contribution in [0.1, 0.15) is 20.8 Å². The molecule has 0 aliphatic rings. The average Bonchev–Trinajstić information content (AvgIpc) is 2.27. The summed E-state index contributed by atoms with van der Waals surface area (Å²) < 4.78 is 0. The second-order valence-corrected chi connectivity index (χ2v) is 12.1. The first-order chi connectivity index (χ1) is 8.68. The molecule has 0 bridgehead atoms.